The molecule has 0 spiro atoms. The van der Waals surface area contributed by atoms with Crippen molar-refractivity contribution in [3.8, 4) is 0 Å². The molecular formula is C17H24N2O4S. The molecule has 0 saturated heterocycles. The van der Waals surface area contributed by atoms with Crippen LogP contribution >= 0.6 is 11.3 Å². The summed E-state index contributed by atoms with van der Waals surface area (Å²) in [6, 6.07) is 0. The normalized spacial score (nSPS) is 12.9. The molecule has 1 heterocycles. The van der Waals surface area contributed by atoms with Gasteiger partial charge < -0.3 is 15.0 Å². The van der Waals surface area contributed by atoms with Gasteiger partial charge in [-0.3, -0.25) is 9.59 Å². The Bertz CT molecular complexity index is 649. The van der Waals surface area contributed by atoms with Gasteiger partial charge in [-0.05, 0) is 30.7 Å². The molecule has 0 radical (unpaired) electrons. The zero-order valence-electron chi connectivity index (χ0n) is 14.6. The highest BCUT2D eigenvalue weighted by Gasteiger charge is 2.29. The summed E-state index contributed by atoms with van der Waals surface area (Å²) in [5, 5.41) is 3.39. The van der Waals surface area contributed by atoms with Crippen molar-refractivity contribution >= 4 is 34.1 Å². The highest BCUT2D eigenvalue weighted by molar-refractivity contribution is 7.17. The number of hydrogen-bond acceptors (Lipinski definition) is 5. The molecule has 0 atom stereocenters. The topological polar surface area (TPSA) is 75.7 Å². The second-order valence-corrected chi connectivity index (χ2v) is 7.68. The summed E-state index contributed by atoms with van der Waals surface area (Å²) in [5.41, 5.74) is 1.39. The van der Waals surface area contributed by atoms with E-state index in [9.17, 15) is 14.4 Å². The number of ether oxygens (including phenoxy) is 1. The number of carbonyl (C=O) groups excluding carboxylic acids is 3. The summed E-state index contributed by atoms with van der Waals surface area (Å²) in [6.07, 6.45) is 3.11. The highest BCUT2D eigenvalue weighted by Crippen LogP contribution is 2.39. The first-order chi connectivity index (χ1) is 11.3. The van der Waals surface area contributed by atoms with Crippen molar-refractivity contribution in [2.45, 2.75) is 39.5 Å². The van der Waals surface area contributed by atoms with Crippen LogP contribution in [0.2, 0.25) is 0 Å². The van der Waals surface area contributed by atoms with Crippen molar-refractivity contribution in [3.05, 3.63) is 16.0 Å². The Morgan fingerprint density at radius 1 is 1.25 bits per heavy atom. The van der Waals surface area contributed by atoms with E-state index in [1.165, 1.54) is 16.2 Å². The lowest BCUT2D eigenvalue weighted by Crippen LogP contribution is -2.28. The van der Waals surface area contributed by atoms with Gasteiger partial charge in [0.05, 0.1) is 5.56 Å². The van der Waals surface area contributed by atoms with Crippen molar-refractivity contribution in [2.24, 2.45) is 5.92 Å². The van der Waals surface area contributed by atoms with Gasteiger partial charge in [-0.15, -0.1) is 11.3 Å². The van der Waals surface area contributed by atoms with Gasteiger partial charge in [0, 0.05) is 25.4 Å². The average molecular weight is 352 g/mol. The minimum Gasteiger partial charge on any atom is -0.452 e. The van der Waals surface area contributed by atoms with Gasteiger partial charge in [0.1, 0.15) is 5.00 Å². The van der Waals surface area contributed by atoms with Crippen molar-refractivity contribution in [1.82, 2.24) is 4.90 Å². The number of hydrogen-bond donors (Lipinski definition) is 1. The maximum Gasteiger partial charge on any atom is 0.341 e. The van der Waals surface area contributed by atoms with Gasteiger partial charge in [-0.2, -0.15) is 0 Å². The van der Waals surface area contributed by atoms with E-state index >= 15 is 0 Å². The number of likely N-dealkylation sites (N-methyl/N-ethyl adjacent to an activating group) is 1. The number of aryl methyl sites for hydroxylation is 1. The number of rotatable bonds is 6. The van der Waals surface area contributed by atoms with Crippen molar-refractivity contribution in [3.63, 3.8) is 0 Å². The number of carbonyl (C=O) groups is 3. The number of amides is 2. The van der Waals surface area contributed by atoms with Crippen LogP contribution in [0.1, 0.15) is 47.5 Å². The van der Waals surface area contributed by atoms with E-state index in [0.717, 1.165) is 29.7 Å². The molecule has 0 aliphatic heterocycles. The SMILES string of the molecule is CC(C)CC(=O)Nc1sc2c(c1C(=O)OCC(=O)N(C)C)CCC2. The summed E-state index contributed by atoms with van der Waals surface area (Å²) < 4.78 is 5.16. The molecule has 0 unspecified atom stereocenters. The molecule has 2 rings (SSSR count). The summed E-state index contributed by atoms with van der Waals surface area (Å²) in [5.74, 6) is -0.682. The van der Waals surface area contributed by atoms with Crippen molar-refractivity contribution < 1.29 is 19.1 Å². The van der Waals surface area contributed by atoms with E-state index in [0.29, 0.717) is 17.0 Å². The molecule has 7 heteroatoms. The fourth-order valence-corrected chi connectivity index (χ4v) is 3.88. The predicted octanol–water partition coefficient (Wildman–Crippen LogP) is 2.47. The number of esters is 1. The highest BCUT2D eigenvalue weighted by atomic mass is 32.1. The Hall–Kier alpha value is -1.89. The lowest BCUT2D eigenvalue weighted by Gasteiger charge is -2.12. The third-order valence-electron chi connectivity index (χ3n) is 3.80. The Morgan fingerprint density at radius 2 is 1.96 bits per heavy atom. The third kappa shape index (κ3) is 4.35. The maximum atomic E-state index is 12.5. The molecule has 0 bridgehead atoms. The third-order valence-corrected chi connectivity index (χ3v) is 5.00. The number of nitrogens with zero attached hydrogens (tertiary/aromatic N) is 1. The van der Waals surface area contributed by atoms with Crippen molar-refractivity contribution in [1.29, 1.82) is 0 Å². The van der Waals surface area contributed by atoms with Crippen molar-refractivity contribution in [2.75, 3.05) is 26.0 Å². The monoisotopic (exact) mass is 352 g/mol. The fourth-order valence-electron chi connectivity index (χ4n) is 2.59. The molecular weight excluding hydrogens is 328 g/mol. The van der Waals surface area contributed by atoms with Gasteiger partial charge in [-0.25, -0.2) is 4.79 Å². The van der Waals surface area contributed by atoms with E-state index in [2.05, 4.69) is 5.32 Å². The molecule has 1 aromatic rings. The molecule has 132 valence electrons. The van der Waals surface area contributed by atoms with Crippen LogP contribution in [0.5, 0.6) is 0 Å². The first kappa shape index (κ1) is 18.4. The lowest BCUT2D eigenvalue weighted by atomic mass is 10.1. The van der Waals surface area contributed by atoms with Crippen LogP contribution in [0.3, 0.4) is 0 Å². The smallest absolute Gasteiger partial charge is 0.341 e. The Balaban J connectivity index is 2.16. The molecule has 0 fully saturated rings. The Morgan fingerprint density at radius 3 is 2.58 bits per heavy atom. The summed E-state index contributed by atoms with van der Waals surface area (Å²) in [6.45, 7) is 3.64. The minimum atomic E-state index is -0.538. The standard InChI is InChI=1S/C17H24N2O4S/c1-10(2)8-13(20)18-16-15(11-6-5-7-12(11)24-16)17(22)23-9-14(21)19(3)4/h10H,5-9H2,1-4H3,(H,18,20). The molecule has 1 aliphatic rings. The molecule has 1 aliphatic carbocycles. The van der Waals surface area contributed by atoms with Gasteiger partial charge in [-0.1, -0.05) is 13.8 Å². The number of nitrogens with one attached hydrogen (secondary N) is 1. The Kier molecular flexibility index (Phi) is 5.99. The van der Waals surface area contributed by atoms with Crippen LogP contribution in [0.15, 0.2) is 0 Å². The summed E-state index contributed by atoms with van der Waals surface area (Å²) in [7, 11) is 3.21. The zero-order valence-corrected chi connectivity index (χ0v) is 15.4. The van der Waals surface area contributed by atoms with Gasteiger partial charge in [0.2, 0.25) is 5.91 Å². The van der Waals surface area contributed by atoms with Gasteiger partial charge in [0.15, 0.2) is 6.61 Å². The second-order valence-electron chi connectivity index (χ2n) is 6.57. The van der Waals surface area contributed by atoms with Crippen LogP contribution in [0.25, 0.3) is 0 Å². The van der Waals surface area contributed by atoms with Crippen LogP contribution in [0.4, 0.5) is 5.00 Å². The minimum absolute atomic E-state index is 0.108. The first-order valence-electron chi connectivity index (χ1n) is 8.11. The number of anilines is 1. The maximum absolute atomic E-state index is 12.5. The molecule has 2 amide bonds. The molecule has 0 saturated carbocycles. The van der Waals surface area contributed by atoms with Crippen LogP contribution in [-0.4, -0.2) is 43.4 Å². The van der Waals surface area contributed by atoms with Gasteiger partial charge in [0.25, 0.3) is 5.91 Å². The molecule has 1 N–H and O–H groups in total. The quantitative estimate of drug-likeness (QED) is 0.798. The summed E-state index contributed by atoms with van der Waals surface area (Å²) >= 11 is 1.44. The largest absolute Gasteiger partial charge is 0.452 e. The van der Waals surface area contributed by atoms with Crippen LogP contribution in [0, 0.1) is 5.92 Å². The van der Waals surface area contributed by atoms with Crippen LogP contribution in [-0.2, 0) is 27.2 Å². The van der Waals surface area contributed by atoms with E-state index in [4.69, 9.17) is 4.74 Å². The molecule has 1 aromatic heterocycles. The van der Waals surface area contributed by atoms with E-state index in [1.54, 1.807) is 14.1 Å². The molecule has 0 aromatic carbocycles. The predicted molar refractivity (Wildman–Crippen MR) is 93.4 cm³/mol. The molecule has 6 nitrogen and oxygen atoms in total. The second kappa shape index (κ2) is 7.79. The fraction of sp³-hybridized carbons (Fsp3) is 0.588. The van der Waals surface area contributed by atoms with Crippen LogP contribution < -0.4 is 5.32 Å². The lowest BCUT2D eigenvalue weighted by molar-refractivity contribution is -0.132. The Labute approximate surface area is 146 Å². The van der Waals surface area contributed by atoms with E-state index in [1.807, 2.05) is 13.8 Å². The molecule has 24 heavy (non-hydrogen) atoms. The van der Waals surface area contributed by atoms with E-state index < -0.39 is 5.97 Å². The van der Waals surface area contributed by atoms with E-state index in [-0.39, 0.29) is 24.3 Å². The number of fused-ring (bicyclic) bond motifs is 1. The average Bonchev–Trinajstić information content (AvgIpc) is 3.03. The zero-order chi connectivity index (χ0) is 17.9. The summed E-state index contributed by atoms with van der Waals surface area (Å²) in [4.78, 5) is 38.7. The van der Waals surface area contributed by atoms with Gasteiger partial charge >= 0.3 is 5.97 Å². The number of thiophene rings is 1. The first-order valence-corrected chi connectivity index (χ1v) is 8.93.